The van der Waals surface area contributed by atoms with Gasteiger partial charge >= 0.3 is 0 Å². The van der Waals surface area contributed by atoms with E-state index in [0.717, 1.165) is 19.7 Å². The zero-order valence-corrected chi connectivity index (χ0v) is 10.6. The topological polar surface area (TPSA) is 76.8 Å². The van der Waals surface area contributed by atoms with Crippen molar-refractivity contribution in [3.05, 3.63) is 0 Å². The zero-order valence-electron chi connectivity index (χ0n) is 10.6. The second-order valence-electron chi connectivity index (χ2n) is 4.36. The standard InChI is InChI=1S/C11H23N3O3/c1-14-3-4-17-10(8-14)7-13-11(15)5-9(6-12)16-2/h9-10H,3-8,12H2,1-2H3,(H,13,15). The molecule has 1 saturated heterocycles. The Kier molecular flexibility index (Phi) is 6.43. The second kappa shape index (κ2) is 7.60. The Bertz CT molecular complexity index is 234. The number of hydrogen-bond donors (Lipinski definition) is 2. The van der Waals surface area contributed by atoms with Crippen LogP contribution in [0.1, 0.15) is 6.42 Å². The van der Waals surface area contributed by atoms with Gasteiger partial charge in [-0.15, -0.1) is 0 Å². The van der Waals surface area contributed by atoms with Crippen LogP contribution in [-0.4, -0.2) is 70.0 Å². The molecule has 0 aromatic rings. The molecule has 0 radical (unpaired) electrons. The molecule has 1 rings (SSSR count). The van der Waals surface area contributed by atoms with Crippen LogP contribution < -0.4 is 11.1 Å². The SMILES string of the molecule is COC(CN)CC(=O)NCC1CN(C)CCO1. The summed E-state index contributed by atoms with van der Waals surface area (Å²) in [5.74, 6) is -0.0425. The van der Waals surface area contributed by atoms with Gasteiger partial charge in [-0.05, 0) is 7.05 Å². The fraction of sp³-hybridized carbons (Fsp3) is 0.909. The third-order valence-electron chi connectivity index (χ3n) is 2.88. The lowest BCUT2D eigenvalue weighted by Gasteiger charge is -2.30. The van der Waals surface area contributed by atoms with Gasteiger partial charge in [0.15, 0.2) is 0 Å². The summed E-state index contributed by atoms with van der Waals surface area (Å²) in [5.41, 5.74) is 5.45. The molecule has 0 aromatic heterocycles. The summed E-state index contributed by atoms with van der Waals surface area (Å²) in [6.45, 7) is 3.42. The quantitative estimate of drug-likeness (QED) is 0.614. The smallest absolute Gasteiger partial charge is 0.222 e. The van der Waals surface area contributed by atoms with Gasteiger partial charge in [-0.1, -0.05) is 0 Å². The maximum absolute atomic E-state index is 11.6. The highest BCUT2D eigenvalue weighted by molar-refractivity contribution is 5.76. The third kappa shape index (κ3) is 5.45. The number of morpholine rings is 1. The number of rotatable bonds is 6. The number of carbonyl (C=O) groups is 1. The lowest BCUT2D eigenvalue weighted by atomic mass is 10.2. The maximum atomic E-state index is 11.6. The van der Waals surface area contributed by atoms with E-state index in [4.69, 9.17) is 15.2 Å². The van der Waals surface area contributed by atoms with Crippen molar-refractivity contribution in [3.63, 3.8) is 0 Å². The van der Waals surface area contributed by atoms with Gasteiger partial charge in [0, 0.05) is 33.3 Å². The molecule has 0 saturated carbocycles. The number of likely N-dealkylation sites (N-methyl/N-ethyl adjacent to an activating group) is 1. The van der Waals surface area contributed by atoms with E-state index in [-0.39, 0.29) is 18.1 Å². The van der Waals surface area contributed by atoms with Crippen LogP contribution in [0.5, 0.6) is 0 Å². The van der Waals surface area contributed by atoms with Crippen LogP contribution in [0.4, 0.5) is 0 Å². The van der Waals surface area contributed by atoms with E-state index < -0.39 is 0 Å². The van der Waals surface area contributed by atoms with Crippen LogP contribution in [0.25, 0.3) is 0 Å². The number of ether oxygens (including phenoxy) is 2. The molecule has 0 aromatic carbocycles. The van der Waals surface area contributed by atoms with Gasteiger partial charge in [-0.25, -0.2) is 0 Å². The Labute approximate surface area is 102 Å². The summed E-state index contributed by atoms with van der Waals surface area (Å²) in [6, 6.07) is 0. The number of nitrogens with zero attached hydrogens (tertiary/aromatic N) is 1. The van der Waals surface area contributed by atoms with E-state index in [2.05, 4.69) is 10.2 Å². The highest BCUT2D eigenvalue weighted by atomic mass is 16.5. The normalized spacial score (nSPS) is 23.4. The third-order valence-corrected chi connectivity index (χ3v) is 2.88. The monoisotopic (exact) mass is 245 g/mol. The summed E-state index contributed by atoms with van der Waals surface area (Å²) in [6.07, 6.45) is 0.178. The number of carbonyl (C=O) groups excluding carboxylic acids is 1. The fourth-order valence-electron chi connectivity index (χ4n) is 1.76. The Morgan fingerprint density at radius 3 is 3.06 bits per heavy atom. The van der Waals surface area contributed by atoms with Crippen molar-refractivity contribution < 1.29 is 14.3 Å². The van der Waals surface area contributed by atoms with E-state index >= 15 is 0 Å². The number of methoxy groups -OCH3 is 1. The van der Waals surface area contributed by atoms with Crippen LogP contribution in [0.3, 0.4) is 0 Å². The number of hydrogen-bond acceptors (Lipinski definition) is 5. The molecule has 1 aliphatic heterocycles. The minimum Gasteiger partial charge on any atom is -0.380 e. The van der Waals surface area contributed by atoms with E-state index in [9.17, 15) is 4.79 Å². The molecule has 2 atom stereocenters. The highest BCUT2D eigenvalue weighted by Gasteiger charge is 2.19. The summed E-state index contributed by atoms with van der Waals surface area (Å²) in [4.78, 5) is 13.8. The molecule has 1 aliphatic rings. The Hall–Kier alpha value is -0.690. The molecule has 100 valence electrons. The number of amides is 1. The average Bonchev–Trinajstić information content (AvgIpc) is 2.33. The van der Waals surface area contributed by atoms with Crippen molar-refractivity contribution in [2.75, 3.05) is 46.9 Å². The molecule has 6 heteroatoms. The van der Waals surface area contributed by atoms with Crippen molar-refractivity contribution >= 4 is 5.91 Å². The Morgan fingerprint density at radius 1 is 1.71 bits per heavy atom. The first-order valence-electron chi connectivity index (χ1n) is 5.95. The van der Waals surface area contributed by atoms with Crippen LogP contribution in [0.15, 0.2) is 0 Å². The predicted molar refractivity (Wildman–Crippen MR) is 64.7 cm³/mol. The molecule has 0 spiro atoms. The van der Waals surface area contributed by atoms with Gasteiger partial charge in [0.1, 0.15) is 0 Å². The molecule has 3 N–H and O–H groups in total. The average molecular weight is 245 g/mol. The van der Waals surface area contributed by atoms with Crippen molar-refractivity contribution in [1.82, 2.24) is 10.2 Å². The second-order valence-corrected chi connectivity index (χ2v) is 4.36. The highest BCUT2D eigenvalue weighted by Crippen LogP contribution is 2.02. The van der Waals surface area contributed by atoms with E-state index in [1.54, 1.807) is 7.11 Å². The first-order chi connectivity index (χ1) is 8.15. The molecule has 17 heavy (non-hydrogen) atoms. The molecule has 0 aliphatic carbocycles. The van der Waals surface area contributed by atoms with E-state index in [1.165, 1.54) is 0 Å². The largest absolute Gasteiger partial charge is 0.380 e. The first-order valence-corrected chi connectivity index (χ1v) is 5.95. The van der Waals surface area contributed by atoms with Gasteiger partial charge in [-0.3, -0.25) is 4.79 Å². The first kappa shape index (κ1) is 14.4. The Morgan fingerprint density at radius 2 is 2.47 bits per heavy atom. The summed E-state index contributed by atoms with van der Waals surface area (Å²) < 4.78 is 10.6. The molecule has 6 nitrogen and oxygen atoms in total. The van der Waals surface area contributed by atoms with Crippen molar-refractivity contribution in [3.8, 4) is 0 Å². The van der Waals surface area contributed by atoms with Gasteiger partial charge < -0.3 is 25.4 Å². The molecule has 2 unspecified atom stereocenters. The molecular formula is C11H23N3O3. The summed E-state index contributed by atoms with van der Waals surface area (Å²) in [7, 11) is 3.61. The predicted octanol–water partition coefficient (Wildman–Crippen LogP) is -1.20. The van der Waals surface area contributed by atoms with E-state index in [1.807, 2.05) is 7.05 Å². The number of nitrogens with two attached hydrogens (primary N) is 1. The van der Waals surface area contributed by atoms with Crippen LogP contribution in [0.2, 0.25) is 0 Å². The summed E-state index contributed by atoms with van der Waals surface area (Å²) in [5, 5.41) is 2.85. The van der Waals surface area contributed by atoms with Gasteiger partial charge in [0.2, 0.25) is 5.91 Å². The van der Waals surface area contributed by atoms with Crippen molar-refractivity contribution in [2.24, 2.45) is 5.73 Å². The van der Waals surface area contributed by atoms with Crippen LogP contribution >= 0.6 is 0 Å². The van der Waals surface area contributed by atoms with Crippen molar-refractivity contribution in [1.29, 1.82) is 0 Å². The minimum atomic E-state index is -0.204. The molecule has 1 amide bonds. The van der Waals surface area contributed by atoms with Crippen LogP contribution in [-0.2, 0) is 14.3 Å². The lowest BCUT2D eigenvalue weighted by molar-refractivity contribution is -0.124. The maximum Gasteiger partial charge on any atom is 0.222 e. The fourth-order valence-corrected chi connectivity index (χ4v) is 1.76. The zero-order chi connectivity index (χ0) is 12.7. The van der Waals surface area contributed by atoms with E-state index in [0.29, 0.717) is 19.5 Å². The van der Waals surface area contributed by atoms with Crippen LogP contribution in [0, 0.1) is 0 Å². The van der Waals surface area contributed by atoms with Crippen molar-refractivity contribution in [2.45, 2.75) is 18.6 Å². The summed E-state index contributed by atoms with van der Waals surface area (Å²) >= 11 is 0. The molecule has 1 heterocycles. The number of nitrogens with one attached hydrogen (secondary N) is 1. The van der Waals surface area contributed by atoms with Gasteiger partial charge in [0.25, 0.3) is 0 Å². The Balaban J connectivity index is 2.18. The molecule has 0 bridgehead atoms. The molecular weight excluding hydrogens is 222 g/mol. The van der Waals surface area contributed by atoms with Gasteiger partial charge in [0.05, 0.1) is 25.2 Å². The lowest BCUT2D eigenvalue weighted by Crippen LogP contribution is -2.46. The van der Waals surface area contributed by atoms with Gasteiger partial charge in [-0.2, -0.15) is 0 Å². The minimum absolute atomic E-state index is 0.0425. The molecule has 1 fully saturated rings.